The van der Waals surface area contributed by atoms with Gasteiger partial charge in [0.15, 0.2) is 0 Å². The van der Waals surface area contributed by atoms with Crippen molar-refractivity contribution in [2.75, 3.05) is 0 Å². The van der Waals surface area contributed by atoms with Crippen LogP contribution in [0.4, 0.5) is 0 Å². The lowest BCUT2D eigenvalue weighted by atomic mass is 9.83. The molecule has 0 saturated carbocycles. The zero-order valence-electron chi connectivity index (χ0n) is 69.9. The molecule has 584 valence electrons. The topological polar surface area (TPSA) is 0 Å². The van der Waals surface area contributed by atoms with Gasteiger partial charge in [-0.15, -0.1) is 0 Å². The average Bonchev–Trinajstić information content (AvgIpc) is 0.734. The van der Waals surface area contributed by atoms with Crippen LogP contribution in [0, 0.1) is 27.7 Å². The molecule has 124 heavy (non-hydrogen) atoms. The first-order chi connectivity index (χ1) is 61.2. The van der Waals surface area contributed by atoms with Crippen molar-refractivity contribution in [2.24, 2.45) is 0 Å². The van der Waals surface area contributed by atoms with Gasteiger partial charge in [-0.05, 0) is 281 Å². The molecule has 0 aliphatic heterocycles. The van der Waals surface area contributed by atoms with Crippen molar-refractivity contribution in [1.29, 1.82) is 0 Å². The smallest absolute Gasteiger partial charge is 0.00210 e. The molecule has 0 aliphatic rings. The van der Waals surface area contributed by atoms with E-state index in [0.29, 0.717) is 0 Å². The number of fused-ring (bicyclic) bond motifs is 12. The summed E-state index contributed by atoms with van der Waals surface area (Å²) in [7, 11) is 0. The third kappa shape index (κ3) is 14.0. The number of rotatable bonds is 8. The van der Waals surface area contributed by atoms with Crippen molar-refractivity contribution in [3.8, 4) is 89.0 Å². The first-order valence-corrected chi connectivity index (χ1v) is 43.2. The van der Waals surface area contributed by atoms with Gasteiger partial charge in [0.2, 0.25) is 0 Å². The Morgan fingerprint density at radius 1 is 0.105 bits per heavy atom. The summed E-state index contributed by atoms with van der Waals surface area (Å²) in [6, 6.07) is 168. The summed E-state index contributed by atoms with van der Waals surface area (Å²) in [5.74, 6) is 0. The van der Waals surface area contributed by atoms with Gasteiger partial charge in [0.1, 0.15) is 0 Å². The molecule has 0 saturated heterocycles. The Balaban J connectivity index is 0.000000101. The van der Waals surface area contributed by atoms with Gasteiger partial charge in [-0.25, -0.2) is 0 Å². The third-order valence-corrected chi connectivity index (χ3v) is 25.3. The molecule has 0 spiro atoms. The summed E-state index contributed by atoms with van der Waals surface area (Å²) in [6.45, 7) is 8.76. The summed E-state index contributed by atoms with van der Waals surface area (Å²) >= 11 is 0. The monoisotopic (exact) mass is 1580 g/mol. The fraction of sp³-hybridized carbons (Fsp3) is 0.0323. The molecule has 0 radical (unpaired) electrons. The van der Waals surface area contributed by atoms with Gasteiger partial charge in [0.05, 0.1) is 0 Å². The maximum Gasteiger partial charge on any atom is -0.00210 e. The van der Waals surface area contributed by atoms with Gasteiger partial charge >= 0.3 is 0 Å². The van der Waals surface area contributed by atoms with Gasteiger partial charge in [-0.3, -0.25) is 0 Å². The summed E-state index contributed by atoms with van der Waals surface area (Å²) in [4.78, 5) is 0. The summed E-state index contributed by atoms with van der Waals surface area (Å²) < 4.78 is 0. The van der Waals surface area contributed by atoms with E-state index in [-0.39, 0.29) is 0 Å². The highest BCUT2D eigenvalue weighted by molar-refractivity contribution is 6.26. The summed E-state index contributed by atoms with van der Waals surface area (Å²) in [5.41, 5.74) is 26.0. The number of hydrogen-bond donors (Lipinski definition) is 0. The molecule has 0 atom stereocenters. The molecule has 0 bridgehead atoms. The van der Waals surface area contributed by atoms with Crippen molar-refractivity contribution in [3.05, 3.63) is 483 Å². The molecular weight excluding hydrogens is 1490 g/mol. The van der Waals surface area contributed by atoms with Crippen molar-refractivity contribution < 1.29 is 0 Å². The largest absolute Gasteiger partial charge is 0.0622 e. The molecule has 0 aromatic heterocycles. The van der Waals surface area contributed by atoms with Crippen LogP contribution in [0.2, 0.25) is 0 Å². The highest BCUT2D eigenvalue weighted by Crippen LogP contribution is 2.50. The van der Waals surface area contributed by atoms with Crippen LogP contribution in [0.15, 0.2) is 461 Å². The number of hydrogen-bond acceptors (Lipinski definition) is 0. The van der Waals surface area contributed by atoms with Crippen molar-refractivity contribution in [1.82, 2.24) is 0 Å². The van der Waals surface area contributed by atoms with Crippen LogP contribution in [0.25, 0.3) is 218 Å². The molecule has 0 N–H and O–H groups in total. The Labute approximate surface area is 724 Å². The molecule has 24 rings (SSSR count). The van der Waals surface area contributed by atoms with Crippen LogP contribution in [0.5, 0.6) is 0 Å². The molecule has 0 fully saturated rings. The lowest BCUT2D eigenvalue weighted by molar-refractivity contribution is 1.39. The van der Waals surface area contributed by atoms with Crippen LogP contribution in [0.1, 0.15) is 22.3 Å². The predicted octanol–water partition coefficient (Wildman–Crippen LogP) is 35.2. The fourth-order valence-electron chi connectivity index (χ4n) is 19.7. The predicted molar refractivity (Wildman–Crippen MR) is 538 cm³/mol. The molecule has 0 unspecified atom stereocenters. The van der Waals surface area contributed by atoms with Crippen molar-refractivity contribution in [3.63, 3.8) is 0 Å². The Kier molecular flexibility index (Phi) is 20.1. The minimum atomic E-state index is 1.26. The first kappa shape index (κ1) is 75.8. The van der Waals surface area contributed by atoms with Crippen molar-refractivity contribution >= 4 is 129 Å². The Morgan fingerprint density at radius 2 is 0.298 bits per heavy atom. The van der Waals surface area contributed by atoms with E-state index in [0.717, 1.165) is 0 Å². The SMILES string of the molecule is Cc1ccc(-c2c3ccccc3c(-c3ccc4ccccc4c3)c3ccccc23)cc1.Cc1cccc(-c2c3ccccc3c(-c3ccc4ccccc4c3)c3ccccc23)c1.Cc1cccc(C)c1-c1c2ccccc2c(-c2ccc3ccccc3c2)c2ccccc12.c1ccc(-c2c3ccccc3c(-c3ccc4ccccc4c3)c3ccccc23)cc1. The normalized spacial score (nSPS) is 11.4. The Morgan fingerprint density at radius 3 is 0.565 bits per heavy atom. The fourth-order valence-corrected chi connectivity index (χ4v) is 19.7. The van der Waals surface area contributed by atoms with E-state index in [9.17, 15) is 0 Å². The molecular formula is C124H88. The number of aryl methyl sites for hydroxylation is 4. The standard InChI is InChI=1S/C32H24.2C31H22.C30H20/c1-21-10-9-11-22(2)30(21)32-28-16-7-5-14-26(28)31(27-15-6-8-17-29(27)32)25-19-18-23-12-3-4-13-24(23)20-25;1-21-9-8-12-24(19-21)30-26-13-4-6-15-28(26)31(29-16-7-5-14-27(29)30)25-18-17-22-10-2-3-11-23(22)20-25;1-21-14-16-23(17-15-21)30-26-10-4-6-12-28(26)31(29-13-7-5-11-27(29)30)25-19-18-22-8-2-3-9-24(22)20-25;1-2-11-22(12-3-1)29-25-14-6-8-16-27(25)30(28-17-9-7-15-26(28)29)24-19-18-21-10-4-5-13-23(21)20-24/h3-20H,1-2H3;2*2-20H,1H3;1-20H. The lowest BCUT2D eigenvalue weighted by Gasteiger charge is -2.20. The zero-order chi connectivity index (χ0) is 83.1. The van der Waals surface area contributed by atoms with E-state index in [1.807, 2.05) is 0 Å². The van der Waals surface area contributed by atoms with E-state index in [1.165, 1.54) is 241 Å². The molecule has 0 aliphatic carbocycles. The maximum atomic E-state index is 2.34. The molecule has 0 amide bonds. The second-order valence-electron chi connectivity index (χ2n) is 33.0. The van der Waals surface area contributed by atoms with Crippen LogP contribution in [0.3, 0.4) is 0 Å². The average molecular weight is 1580 g/mol. The van der Waals surface area contributed by atoms with Gasteiger partial charge in [0, 0.05) is 0 Å². The minimum absolute atomic E-state index is 1.26. The van der Waals surface area contributed by atoms with Crippen LogP contribution in [-0.2, 0) is 0 Å². The highest BCUT2D eigenvalue weighted by Gasteiger charge is 2.23. The van der Waals surface area contributed by atoms with Crippen LogP contribution in [-0.4, -0.2) is 0 Å². The van der Waals surface area contributed by atoms with Crippen LogP contribution < -0.4 is 0 Å². The lowest BCUT2D eigenvalue weighted by Crippen LogP contribution is -1.94. The molecule has 24 aromatic rings. The van der Waals surface area contributed by atoms with E-state index in [4.69, 9.17) is 0 Å². The maximum absolute atomic E-state index is 2.34. The summed E-state index contributed by atoms with van der Waals surface area (Å²) in [6.07, 6.45) is 0. The summed E-state index contributed by atoms with van der Waals surface area (Å²) in [5, 5.41) is 31.0. The quantitative estimate of drug-likeness (QED) is 0.133. The van der Waals surface area contributed by atoms with E-state index in [2.05, 4.69) is 489 Å². The van der Waals surface area contributed by atoms with Crippen LogP contribution >= 0.6 is 0 Å². The Bertz CT molecular complexity index is 8020. The van der Waals surface area contributed by atoms with E-state index < -0.39 is 0 Å². The second kappa shape index (κ2) is 32.8. The molecule has 0 heteroatoms. The second-order valence-corrected chi connectivity index (χ2v) is 33.0. The molecule has 0 nitrogen and oxygen atoms in total. The molecule has 0 heterocycles. The number of benzene rings is 24. The van der Waals surface area contributed by atoms with Gasteiger partial charge < -0.3 is 0 Å². The van der Waals surface area contributed by atoms with Gasteiger partial charge in [-0.1, -0.05) is 448 Å². The van der Waals surface area contributed by atoms with Gasteiger partial charge in [-0.2, -0.15) is 0 Å². The Hall–Kier alpha value is -15.6. The zero-order valence-corrected chi connectivity index (χ0v) is 69.9. The van der Waals surface area contributed by atoms with E-state index in [1.54, 1.807) is 0 Å². The van der Waals surface area contributed by atoms with E-state index >= 15 is 0 Å². The highest BCUT2D eigenvalue weighted by atomic mass is 14.3. The molecule has 24 aromatic carbocycles. The van der Waals surface area contributed by atoms with Crippen molar-refractivity contribution in [2.45, 2.75) is 27.7 Å². The van der Waals surface area contributed by atoms with Gasteiger partial charge in [0.25, 0.3) is 0 Å². The minimum Gasteiger partial charge on any atom is -0.0622 e. The first-order valence-electron chi connectivity index (χ1n) is 43.2. The third-order valence-electron chi connectivity index (χ3n) is 25.3.